The van der Waals surface area contributed by atoms with Crippen molar-refractivity contribution in [3.05, 3.63) is 88.4 Å². The van der Waals surface area contributed by atoms with E-state index in [4.69, 9.17) is 16.3 Å². The van der Waals surface area contributed by atoms with Gasteiger partial charge in [-0.1, -0.05) is 35.9 Å². The molecule has 0 radical (unpaired) electrons. The molecule has 0 bridgehead atoms. The minimum Gasteiger partial charge on any atom is -0.497 e. The fourth-order valence-corrected chi connectivity index (χ4v) is 6.80. The van der Waals surface area contributed by atoms with Crippen LogP contribution in [0.1, 0.15) is 41.3 Å². The SMILES string of the molecule is CCNc1cc(C(=O)N[C@@H](Cc2ccc(Cl)cc2)[C@H](O)CNCc2cccc(OC)c2)cc(N2CCCCS2(O)O)c1. The Morgan fingerprint density at radius 3 is 2.57 bits per heavy atom. The van der Waals surface area contributed by atoms with Crippen molar-refractivity contribution in [2.45, 2.75) is 44.9 Å². The summed E-state index contributed by atoms with van der Waals surface area (Å²) >= 11 is 6.08. The summed E-state index contributed by atoms with van der Waals surface area (Å²) in [4.78, 5) is 13.7. The largest absolute Gasteiger partial charge is 0.497 e. The number of aliphatic hydroxyl groups excluding tert-OH is 1. The standard InChI is InChI=1S/C31H41ClN4O5S/c1-3-34-26-17-24(18-27(19-26)36-13-4-5-14-42(36,39)40)31(38)35-29(16-22-9-11-25(32)12-10-22)30(37)21-33-20-23-7-6-8-28(15-23)41-2/h6-12,15,17-19,29-30,33-34,37,39-40H,3-5,13-14,16,20-21H2,1-2H3,(H,35,38)/t29-,30+/m0/s1. The molecule has 228 valence electrons. The van der Waals surface area contributed by atoms with E-state index < -0.39 is 22.9 Å². The van der Waals surface area contributed by atoms with Crippen molar-refractivity contribution in [3.8, 4) is 5.75 Å². The van der Waals surface area contributed by atoms with E-state index in [0.29, 0.717) is 53.8 Å². The summed E-state index contributed by atoms with van der Waals surface area (Å²) in [6.07, 6.45) is 1.06. The summed E-state index contributed by atoms with van der Waals surface area (Å²) in [7, 11) is -1.34. The molecule has 2 atom stereocenters. The molecule has 1 aliphatic heterocycles. The summed E-state index contributed by atoms with van der Waals surface area (Å²) in [5, 5.41) is 21.4. The van der Waals surface area contributed by atoms with Crippen LogP contribution in [0.25, 0.3) is 0 Å². The van der Waals surface area contributed by atoms with Crippen LogP contribution >= 0.6 is 22.4 Å². The van der Waals surface area contributed by atoms with Crippen molar-refractivity contribution in [2.24, 2.45) is 0 Å². The van der Waals surface area contributed by atoms with Crippen LogP contribution in [0.5, 0.6) is 5.75 Å². The van der Waals surface area contributed by atoms with E-state index in [1.165, 1.54) is 0 Å². The van der Waals surface area contributed by atoms with Crippen LogP contribution in [0.4, 0.5) is 11.4 Å². The van der Waals surface area contributed by atoms with E-state index in [0.717, 1.165) is 29.7 Å². The molecule has 1 amide bonds. The third kappa shape index (κ3) is 8.76. The van der Waals surface area contributed by atoms with Crippen LogP contribution in [0.3, 0.4) is 0 Å². The second-order valence-corrected chi connectivity index (χ2v) is 13.0. The highest BCUT2D eigenvalue weighted by Crippen LogP contribution is 2.50. The maximum Gasteiger partial charge on any atom is 0.251 e. The average molecular weight is 617 g/mol. The van der Waals surface area contributed by atoms with E-state index in [2.05, 4.69) is 16.0 Å². The molecule has 1 saturated heterocycles. The van der Waals surface area contributed by atoms with Crippen LogP contribution < -0.4 is 25.0 Å². The maximum absolute atomic E-state index is 13.7. The third-order valence-electron chi connectivity index (χ3n) is 7.20. The fourth-order valence-electron chi connectivity index (χ4n) is 5.00. The lowest BCUT2D eigenvalue weighted by atomic mass is 10.00. The van der Waals surface area contributed by atoms with Crippen LogP contribution in [0, 0.1) is 0 Å². The first-order valence-electron chi connectivity index (χ1n) is 14.2. The molecule has 3 aromatic rings. The Bertz CT molecular complexity index is 1330. The van der Waals surface area contributed by atoms with Gasteiger partial charge < -0.3 is 25.8 Å². The van der Waals surface area contributed by atoms with Crippen LogP contribution in [0.2, 0.25) is 5.02 Å². The molecule has 11 heteroatoms. The highest BCUT2D eigenvalue weighted by atomic mass is 35.5. The van der Waals surface area contributed by atoms with Gasteiger partial charge in [-0.25, -0.2) is 0 Å². The molecular weight excluding hydrogens is 576 g/mol. The van der Waals surface area contributed by atoms with Gasteiger partial charge in [-0.3, -0.25) is 18.2 Å². The number of hydrogen-bond acceptors (Lipinski definition) is 8. The van der Waals surface area contributed by atoms with Crippen LogP contribution in [0.15, 0.2) is 66.7 Å². The summed E-state index contributed by atoms with van der Waals surface area (Å²) < 4.78 is 28.3. The molecule has 1 fully saturated rings. The lowest BCUT2D eigenvalue weighted by Gasteiger charge is -2.47. The number of nitrogens with one attached hydrogen (secondary N) is 3. The van der Waals surface area contributed by atoms with Gasteiger partial charge in [0.2, 0.25) is 0 Å². The van der Waals surface area contributed by atoms with Crippen molar-refractivity contribution < 1.29 is 23.7 Å². The highest BCUT2D eigenvalue weighted by Gasteiger charge is 2.28. The van der Waals surface area contributed by atoms with E-state index >= 15 is 0 Å². The summed E-state index contributed by atoms with van der Waals surface area (Å²) in [6, 6.07) is 19.7. The number of benzene rings is 3. The molecule has 0 aromatic heterocycles. The Labute approximate surface area is 254 Å². The van der Waals surface area contributed by atoms with Crippen LogP contribution in [-0.2, 0) is 13.0 Å². The molecular formula is C31H41ClN4O5S. The van der Waals surface area contributed by atoms with E-state index in [-0.39, 0.29) is 12.5 Å². The van der Waals surface area contributed by atoms with Crippen molar-refractivity contribution in [2.75, 3.05) is 42.1 Å². The first-order valence-corrected chi connectivity index (χ1v) is 16.2. The molecule has 9 nitrogen and oxygen atoms in total. The number of anilines is 2. The Hall–Kier alpha value is -2.99. The average Bonchev–Trinajstić information content (AvgIpc) is 2.97. The predicted molar refractivity (Wildman–Crippen MR) is 172 cm³/mol. The summed E-state index contributed by atoms with van der Waals surface area (Å²) in [5.74, 6) is 0.695. The lowest BCUT2D eigenvalue weighted by Crippen LogP contribution is -2.48. The van der Waals surface area contributed by atoms with Gasteiger partial charge in [-0.05, 0) is 79.8 Å². The monoisotopic (exact) mass is 616 g/mol. The number of carbonyl (C=O) groups excluding carboxylic acids is 1. The van der Waals surface area contributed by atoms with Crippen molar-refractivity contribution in [1.29, 1.82) is 0 Å². The normalized spacial score (nSPS) is 16.8. The first kappa shape index (κ1) is 31.9. The van der Waals surface area contributed by atoms with E-state index in [9.17, 15) is 19.0 Å². The zero-order valence-corrected chi connectivity index (χ0v) is 25.6. The predicted octanol–water partition coefficient (Wildman–Crippen LogP) is 5.54. The fraction of sp³-hybridized carbons (Fsp3) is 0.387. The van der Waals surface area contributed by atoms with Gasteiger partial charge in [0.1, 0.15) is 5.75 Å². The van der Waals surface area contributed by atoms with Gasteiger partial charge in [0.15, 0.2) is 0 Å². The van der Waals surface area contributed by atoms with Gasteiger partial charge in [-0.2, -0.15) is 0 Å². The summed E-state index contributed by atoms with van der Waals surface area (Å²) in [6.45, 7) is 3.85. The van der Waals surface area contributed by atoms with Gasteiger partial charge in [0, 0.05) is 42.5 Å². The van der Waals surface area contributed by atoms with Gasteiger partial charge in [0.05, 0.1) is 30.7 Å². The Morgan fingerprint density at radius 2 is 1.86 bits per heavy atom. The maximum atomic E-state index is 13.7. The molecule has 0 aliphatic carbocycles. The number of halogens is 1. The van der Waals surface area contributed by atoms with E-state index in [1.54, 1.807) is 35.7 Å². The zero-order valence-electron chi connectivity index (χ0n) is 24.1. The molecule has 6 N–H and O–H groups in total. The zero-order chi connectivity index (χ0) is 30.1. The molecule has 4 rings (SSSR count). The van der Waals surface area contributed by atoms with Crippen molar-refractivity contribution in [1.82, 2.24) is 10.6 Å². The van der Waals surface area contributed by atoms with Gasteiger partial charge in [0.25, 0.3) is 5.91 Å². The smallest absolute Gasteiger partial charge is 0.251 e. The molecule has 3 aromatic carbocycles. The molecule has 1 aliphatic rings. The molecule has 0 unspecified atom stereocenters. The van der Waals surface area contributed by atoms with Gasteiger partial charge in [-0.15, -0.1) is 10.8 Å². The van der Waals surface area contributed by atoms with Crippen molar-refractivity contribution in [3.63, 3.8) is 0 Å². The number of amides is 1. The topological polar surface area (TPSA) is 126 Å². The minimum atomic E-state index is -2.96. The van der Waals surface area contributed by atoms with Crippen LogP contribution in [-0.4, -0.2) is 64.8 Å². The third-order valence-corrected chi connectivity index (χ3v) is 9.39. The van der Waals surface area contributed by atoms with Crippen molar-refractivity contribution >= 4 is 39.7 Å². The number of ether oxygens (including phenoxy) is 1. The second kappa shape index (κ2) is 15.0. The first-order chi connectivity index (χ1) is 20.2. The molecule has 42 heavy (non-hydrogen) atoms. The Kier molecular flexibility index (Phi) is 11.4. The quantitative estimate of drug-likeness (QED) is 0.148. The lowest BCUT2D eigenvalue weighted by molar-refractivity contribution is 0.0830. The number of nitrogens with zero attached hydrogens (tertiary/aromatic N) is 1. The number of carbonyl (C=O) groups is 1. The number of hydrogen-bond donors (Lipinski definition) is 6. The summed E-state index contributed by atoms with van der Waals surface area (Å²) in [5.41, 5.74) is 3.57. The number of rotatable bonds is 13. The number of methoxy groups -OCH3 is 1. The molecule has 1 heterocycles. The molecule has 0 spiro atoms. The second-order valence-electron chi connectivity index (χ2n) is 10.4. The van der Waals surface area contributed by atoms with E-state index in [1.807, 2.05) is 49.4 Å². The number of aliphatic hydroxyl groups is 1. The molecule has 0 saturated carbocycles. The highest BCUT2D eigenvalue weighted by molar-refractivity contribution is 8.25. The Balaban J connectivity index is 1.53. The van der Waals surface area contributed by atoms with Gasteiger partial charge >= 0.3 is 0 Å². The Morgan fingerprint density at radius 1 is 1.07 bits per heavy atom. The minimum absolute atomic E-state index is 0.243.